The van der Waals surface area contributed by atoms with Crippen LogP contribution in [0.4, 0.5) is 5.69 Å². The van der Waals surface area contributed by atoms with Crippen molar-refractivity contribution < 1.29 is 9.72 Å². The Balaban J connectivity index is 2.39. The number of carbonyl (C=O) groups is 1. The van der Waals surface area contributed by atoms with Crippen LogP contribution >= 0.6 is 24.0 Å². The number of nitro benzene ring substituents is 1. The molecule has 1 heterocycles. The minimum Gasteiger partial charge on any atom is -0.307 e. The molecule has 0 bridgehead atoms. The fourth-order valence-corrected chi connectivity index (χ4v) is 2.76. The molecule has 1 aromatic carbocycles. The van der Waals surface area contributed by atoms with E-state index >= 15 is 0 Å². The molecule has 0 saturated carbocycles. The van der Waals surface area contributed by atoms with E-state index in [-0.39, 0.29) is 11.6 Å². The van der Waals surface area contributed by atoms with E-state index in [1.54, 1.807) is 18.2 Å². The Kier molecular flexibility index (Phi) is 3.96. The normalized spacial score (nSPS) is 16.8. The van der Waals surface area contributed by atoms with Gasteiger partial charge in [-0.1, -0.05) is 43.0 Å². The fourth-order valence-electron chi connectivity index (χ4n) is 1.71. The first kappa shape index (κ1) is 13.7. The van der Waals surface area contributed by atoms with Crippen LogP contribution in [0.15, 0.2) is 23.1 Å². The molecule has 2 rings (SSSR count). The van der Waals surface area contributed by atoms with Gasteiger partial charge in [-0.3, -0.25) is 14.9 Å². The number of nitrogens with zero attached hydrogens (tertiary/aromatic N) is 1. The van der Waals surface area contributed by atoms with Crippen molar-refractivity contribution in [2.24, 2.45) is 0 Å². The summed E-state index contributed by atoms with van der Waals surface area (Å²) in [5, 5.41) is 13.5. The fraction of sp³-hybridized carbons (Fsp3) is 0.167. The first-order valence-electron chi connectivity index (χ1n) is 5.53. The number of hydrogen-bond donors (Lipinski definition) is 1. The molecular weight excluding hydrogens is 284 g/mol. The number of hydrogen-bond acceptors (Lipinski definition) is 5. The minimum absolute atomic E-state index is 0.0721. The van der Waals surface area contributed by atoms with Crippen molar-refractivity contribution >= 4 is 46.0 Å². The summed E-state index contributed by atoms with van der Waals surface area (Å²) in [6, 6.07) is 4.94. The van der Waals surface area contributed by atoms with Crippen LogP contribution in [0.3, 0.4) is 0 Å². The summed E-state index contributed by atoms with van der Waals surface area (Å²) in [4.78, 5) is 22.5. The van der Waals surface area contributed by atoms with E-state index in [1.165, 1.54) is 6.07 Å². The average Bonchev–Trinajstić information content (AvgIpc) is 2.67. The third-order valence-electron chi connectivity index (χ3n) is 2.63. The number of nitrogens with one attached hydrogen (secondary N) is 1. The number of carbonyl (C=O) groups excluding carboxylic acids is 1. The number of aryl methyl sites for hydroxylation is 1. The summed E-state index contributed by atoms with van der Waals surface area (Å²) in [7, 11) is 0. The van der Waals surface area contributed by atoms with Gasteiger partial charge in [0.1, 0.15) is 4.32 Å². The SMILES string of the molecule is CCc1ccc(/C=C2\SC(=S)NC2=O)cc1[N+](=O)[O-]. The quantitative estimate of drug-likeness (QED) is 0.401. The maximum Gasteiger partial charge on any atom is 0.273 e. The first-order chi connectivity index (χ1) is 9.01. The highest BCUT2D eigenvalue weighted by atomic mass is 32.2. The largest absolute Gasteiger partial charge is 0.307 e. The lowest BCUT2D eigenvalue weighted by molar-refractivity contribution is -0.385. The van der Waals surface area contributed by atoms with Crippen LogP contribution in [-0.2, 0) is 11.2 Å². The Morgan fingerprint density at radius 3 is 2.79 bits per heavy atom. The molecule has 0 unspecified atom stereocenters. The molecule has 0 aromatic heterocycles. The standard InChI is InChI=1S/C12H10N2O3S2/c1-2-8-4-3-7(5-9(8)14(16)17)6-10-11(15)13-12(18)19-10/h3-6H,2H2,1H3,(H,13,15,18)/b10-6-. The van der Waals surface area contributed by atoms with Gasteiger partial charge in [0.05, 0.1) is 9.83 Å². The van der Waals surface area contributed by atoms with E-state index in [2.05, 4.69) is 5.32 Å². The molecular formula is C12H10N2O3S2. The molecule has 19 heavy (non-hydrogen) atoms. The van der Waals surface area contributed by atoms with Crippen molar-refractivity contribution in [3.8, 4) is 0 Å². The molecule has 5 nitrogen and oxygen atoms in total. The van der Waals surface area contributed by atoms with Crippen LogP contribution < -0.4 is 5.32 Å². The molecule has 1 amide bonds. The van der Waals surface area contributed by atoms with Crippen LogP contribution in [0, 0.1) is 10.1 Å². The highest BCUT2D eigenvalue weighted by molar-refractivity contribution is 8.26. The van der Waals surface area contributed by atoms with E-state index in [9.17, 15) is 14.9 Å². The predicted molar refractivity (Wildman–Crippen MR) is 78.8 cm³/mol. The van der Waals surface area contributed by atoms with E-state index in [0.717, 1.165) is 11.8 Å². The molecule has 0 atom stereocenters. The van der Waals surface area contributed by atoms with Gasteiger partial charge in [-0.25, -0.2) is 0 Å². The van der Waals surface area contributed by atoms with Crippen molar-refractivity contribution in [1.29, 1.82) is 0 Å². The number of amides is 1. The zero-order valence-electron chi connectivity index (χ0n) is 10.0. The molecule has 1 saturated heterocycles. The van der Waals surface area contributed by atoms with Crippen LogP contribution in [0.1, 0.15) is 18.1 Å². The summed E-state index contributed by atoms with van der Waals surface area (Å²) in [5.41, 5.74) is 1.36. The van der Waals surface area contributed by atoms with E-state index in [0.29, 0.717) is 26.8 Å². The van der Waals surface area contributed by atoms with E-state index in [1.807, 2.05) is 6.92 Å². The molecule has 0 spiro atoms. The van der Waals surface area contributed by atoms with Crippen LogP contribution in [0.25, 0.3) is 6.08 Å². The highest BCUT2D eigenvalue weighted by Gasteiger charge is 2.22. The first-order valence-corrected chi connectivity index (χ1v) is 6.76. The van der Waals surface area contributed by atoms with Crippen molar-refractivity contribution in [3.63, 3.8) is 0 Å². The summed E-state index contributed by atoms with van der Waals surface area (Å²) < 4.78 is 0.399. The van der Waals surface area contributed by atoms with Gasteiger partial charge in [-0.05, 0) is 18.1 Å². The van der Waals surface area contributed by atoms with Crippen molar-refractivity contribution in [2.45, 2.75) is 13.3 Å². The molecule has 7 heteroatoms. The monoisotopic (exact) mass is 294 g/mol. The molecule has 1 N–H and O–H groups in total. The average molecular weight is 294 g/mol. The molecule has 0 aliphatic carbocycles. The van der Waals surface area contributed by atoms with Crippen LogP contribution in [0.2, 0.25) is 0 Å². The van der Waals surface area contributed by atoms with Gasteiger partial charge in [0, 0.05) is 11.6 Å². The van der Waals surface area contributed by atoms with Crippen LogP contribution in [-0.4, -0.2) is 15.2 Å². The molecule has 1 aliphatic heterocycles. The van der Waals surface area contributed by atoms with Gasteiger partial charge >= 0.3 is 0 Å². The predicted octanol–water partition coefficient (Wildman–Crippen LogP) is 2.65. The van der Waals surface area contributed by atoms with Gasteiger partial charge < -0.3 is 5.32 Å². The summed E-state index contributed by atoms with van der Waals surface area (Å²) in [5.74, 6) is -0.266. The van der Waals surface area contributed by atoms with Crippen molar-refractivity contribution in [1.82, 2.24) is 5.32 Å². The second-order valence-electron chi connectivity index (χ2n) is 3.85. The zero-order valence-corrected chi connectivity index (χ0v) is 11.6. The van der Waals surface area contributed by atoms with E-state index in [4.69, 9.17) is 12.2 Å². The molecule has 1 fully saturated rings. The highest BCUT2D eigenvalue weighted by Crippen LogP contribution is 2.28. The van der Waals surface area contributed by atoms with Gasteiger partial charge in [-0.15, -0.1) is 0 Å². The van der Waals surface area contributed by atoms with E-state index < -0.39 is 4.92 Å². The lowest BCUT2D eigenvalue weighted by Crippen LogP contribution is -2.17. The Hall–Kier alpha value is -1.73. The molecule has 1 aliphatic rings. The van der Waals surface area contributed by atoms with Crippen molar-refractivity contribution in [2.75, 3.05) is 0 Å². The number of benzene rings is 1. The number of thiocarbonyl (C=S) groups is 1. The summed E-state index contributed by atoms with van der Waals surface area (Å²) >= 11 is 6.03. The summed E-state index contributed by atoms with van der Waals surface area (Å²) in [6.45, 7) is 1.86. The van der Waals surface area contributed by atoms with Gasteiger partial charge in [0.15, 0.2) is 0 Å². The molecule has 98 valence electrons. The smallest absolute Gasteiger partial charge is 0.273 e. The maximum atomic E-state index is 11.5. The molecule has 1 aromatic rings. The zero-order chi connectivity index (χ0) is 14.0. The minimum atomic E-state index is -0.409. The summed E-state index contributed by atoms with van der Waals surface area (Å²) in [6.07, 6.45) is 2.19. The van der Waals surface area contributed by atoms with Gasteiger partial charge in [-0.2, -0.15) is 0 Å². The van der Waals surface area contributed by atoms with Crippen LogP contribution in [0.5, 0.6) is 0 Å². The number of thioether (sulfide) groups is 1. The van der Waals surface area contributed by atoms with Gasteiger partial charge in [0.25, 0.3) is 11.6 Å². The Morgan fingerprint density at radius 2 is 2.26 bits per heavy atom. The Morgan fingerprint density at radius 1 is 1.53 bits per heavy atom. The lowest BCUT2D eigenvalue weighted by atomic mass is 10.1. The second-order valence-corrected chi connectivity index (χ2v) is 5.57. The van der Waals surface area contributed by atoms with Gasteiger partial charge in [0.2, 0.25) is 0 Å². The Labute approximate surface area is 119 Å². The third-order valence-corrected chi connectivity index (χ3v) is 3.79. The maximum absolute atomic E-state index is 11.5. The third kappa shape index (κ3) is 2.99. The number of rotatable bonds is 3. The topological polar surface area (TPSA) is 72.2 Å². The Bertz CT molecular complexity index is 611. The lowest BCUT2D eigenvalue weighted by Gasteiger charge is -2.01. The van der Waals surface area contributed by atoms with Crippen molar-refractivity contribution in [3.05, 3.63) is 44.3 Å². The number of nitro groups is 1. The molecule has 0 radical (unpaired) electrons. The second kappa shape index (κ2) is 5.50.